The molecular formula is C20H29N5OS. The first-order valence-corrected chi connectivity index (χ1v) is 10.3. The van der Waals surface area contributed by atoms with E-state index >= 15 is 0 Å². The maximum Gasteiger partial charge on any atom is 0.191 e. The van der Waals surface area contributed by atoms with Gasteiger partial charge in [0.25, 0.3) is 0 Å². The van der Waals surface area contributed by atoms with Crippen molar-refractivity contribution < 1.29 is 4.74 Å². The molecule has 0 amide bonds. The monoisotopic (exact) mass is 387 g/mol. The Bertz CT molecular complexity index is 760. The van der Waals surface area contributed by atoms with Crippen molar-refractivity contribution in [3.63, 3.8) is 0 Å². The van der Waals surface area contributed by atoms with Crippen LogP contribution in [0.5, 0.6) is 5.75 Å². The number of aromatic nitrogens is 1. The van der Waals surface area contributed by atoms with Crippen LogP contribution < -0.4 is 20.3 Å². The molecular weight excluding hydrogens is 358 g/mol. The Balaban J connectivity index is 1.52. The lowest BCUT2D eigenvalue weighted by Gasteiger charge is -2.36. The number of hydrogen-bond donors (Lipinski definition) is 2. The summed E-state index contributed by atoms with van der Waals surface area (Å²) < 4.78 is 5.53. The summed E-state index contributed by atoms with van der Waals surface area (Å²) in [5.41, 5.74) is 1.16. The average molecular weight is 388 g/mol. The lowest BCUT2D eigenvalue weighted by molar-refractivity contribution is 0.408. The molecule has 0 saturated carbocycles. The number of methoxy groups -OCH3 is 1. The SMILES string of the molecule is CN=C(NCCc1ncc(C)s1)NC1CCCN(c2ccccc2OC)C1. The fourth-order valence-electron chi connectivity index (χ4n) is 3.40. The first-order chi connectivity index (χ1) is 13.2. The molecule has 1 aliphatic rings. The number of nitrogens with one attached hydrogen (secondary N) is 2. The summed E-state index contributed by atoms with van der Waals surface area (Å²) in [6, 6.07) is 8.59. The molecule has 0 bridgehead atoms. The van der Waals surface area contributed by atoms with Crippen LogP contribution in [0.15, 0.2) is 35.5 Å². The number of thiazole rings is 1. The van der Waals surface area contributed by atoms with Gasteiger partial charge in [0, 0.05) is 50.2 Å². The Hall–Kier alpha value is -2.28. The quantitative estimate of drug-likeness (QED) is 0.590. The number of benzene rings is 1. The molecule has 0 aliphatic carbocycles. The zero-order valence-corrected chi connectivity index (χ0v) is 17.2. The first-order valence-electron chi connectivity index (χ1n) is 9.46. The summed E-state index contributed by atoms with van der Waals surface area (Å²) in [7, 11) is 3.55. The largest absolute Gasteiger partial charge is 0.495 e. The van der Waals surface area contributed by atoms with Gasteiger partial charge in [0.05, 0.1) is 17.8 Å². The number of nitrogens with zero attached hydrogens (tertiary/aromatic N) is 3. The van der Waals surface area contributed by atoms with Crippen molar-refractivity contribution in [3.8, 4) is 5.75 Å². The van der Waals surface area contributed by atoms with Crippen molar-refractivity contribution in [2.24, 2.45) is 4.99 Å². The van der Waals surface area contributed by atoms with Crippen molar-refractivity contribution in [2.45, 2.75) is 32.2 Å². The van der Waals surface area contributed by atoms with E-state index in [-0.39, 0.29) is 0 Å². The summed E-state index contributed by atoms with van der Waals surface area (Å²) in [4.78, 5) is 12.4. The molecule has 1 aliphatic heterocycles. The summed E-state index contributed by atoms with van der Waals surface area (Å²) >= 11 is 1.75. The van der Waals surface area contributed by atoms with Crippen LogP contribution in [0.3, 0.4) is 0 Å². The number of aryl methyl sites for hydroxylation is 1. The van der Waals surface area contributed by atoms with Gasteiger partial charge in [0.15, 0.2) is 5.96 Å². The van der Waals surface area contributed by atoms with Crippen LogP contribution in [0, 0.1) is 6.92 Å². The van der Waals surface area contributed by atoms with E-state index in [1.807, 2.05) is 25.4 Å². The fourth-order valence-corrected chi connectivity index (χ4v) is 4.18. The molecule has 1 atom stereocenters. The molecule has 1 saturated heterocycles. The normalized spacial score (nSPS) is 17.7. The lowest BCUT2D eigenvalue weighted by atomic mass is 10.0. The van der Waals surface area contributed by atoms with Gasteiger partial charge in [0.2, 0.25) is 0 Å². The third-order valence-corrected chi connectivity index (χ3v) is 5.68. The molecule has 27 heavy (non-hydrogen) atoms. The molecule has 1 aromatic heterocycles. The number of guanidine groups is 1. The summed E-state index contributed by atoms with van der Waals surface area (Å²) in [6.45, 7) is 4.90. The van der Waals surface area contributed by atoms with Crippen molar-refractivity contribution in [1.29, 1.82) is 0 Å². The summed E-state index contributed by atoms with van der Waals surface area (Å²) in [5.74, 6) is 1.79. The van der Waals surface area contributed by atoms with Crippen molar-refractivity contribution in [2.75, 3.05) is 38.7 Å². The van der Waals surface area contributed by atoms with Gasteiger partial charge in [-0.1, -0.05) is 12.1 Å². The van der Waals surface area contributed by atoms with Gasteiger partial charge in [-0.05, 0) is 31.9 Å². The Labute approximate surface area is 165 Å². The Kier molecular flexibility index (Phi) is 6.92. The second-order valence-electron chi connectivity index (χ2n) is 6.71. The van der Waals surface area contributed by atoms with Crippen LogP contribution in [-0.2, 0) is 6.42 Å². The zero-order valence-electron chi connectivity index (χ0n) is 16.4. The highest BCUT2D eigenvalue weighted by molar-refractivity contribution is 7.11. The standard InChI is InChI=1S/C20H29N5OS/c1-15-13-23-19(27-15)10-11-22-20(21-2)24-16-7-6-12-25(14-16)17-8-4-5-9-18(17)26-3/h4-5,8-9,13,16H,6-7,10-12,14H2,1-3H3,(H2,21,22,24). The van der Waals surface area contributed by atoms with Gasteiger partial charge in [-0.3, -0.25) is 4.99 Å². The van der Waals surface area contributed by atoms with Crippen molar-refractivity contribution >= 4 is 23.0 Å². The van der Waals surface area contributed by atoms with E-state index in [1.165, 1.54) is 4.88 Å². The lowest BCUT2D eigenvalue weighted by Crippen LogP contribution is -2.51. The van der Waals surface area contributed by atoms with Crippen LogP contribution in [-0.4, -0.2) is 50.8 Å². The Morgan fingerprint density at radius 2 is 2.26 bits per heavy atom. The maximum atomic E-state index is 5.53. The number of rotatable bonds is 6. The van der Waals surface area contributed by atoms with E-state index < -0.39 is 0 Å². The van der Waals surface area contributed by atoms with Gasteiger partial charge in [-0.25, -0.2) is 4.98 Å². The first kappa shape index (κ1) is 19.5. The number of anilines is 1. The van der Waals surface area contributed by atoms with Crippen LogP contribution in [0.2, 0.25) is 0 Å². The average Bonchev–Trinajstić information content (AvgIpc) is 3.12. The highest BCUT2D eigenvalue weighted by Crippen LogP contribution is 2.29. The predicted octanol–water partition coefficient (Wildman–Crippen LogP) is 2.84. The highest BCUT2D eigenvalue weighted by Gasteiger charge is 2.22. The molecule has 7 heteroatoms. The third kappa shape index (κ3) is 5.35. The molecule has 1 aromatic carbocycles. The molecule has 0 radical (unpaired) electrons. The van der Waals surface area contributed by atoms with E-state index in [9.17, 15) is 0 Å². The second-order valence-corrected chi connectivity index (χ2v) is 8.03. The van der Waals surface area contributed by atoms with Gasteiger partial charge < -0.3 is 20.3 Å². The Morgan fingerprint density at radius 1 is 1.41 bits per heavy atom. The maximum absolute atomic E-state index is 5.53. The number of ether oxygens (including phenoxy) is 1. The van der Waals surface area contributed by atoms with Crippen LogP contribution in [0.4, 0.5) is 5.69 Å². The van der Waals surface area contributed by atoms with Crippen molar-refractivity contribution in [3.05, 3.63) is 40.3 Å². The molecule has 6 nitrogen and oxygen atoms in total. The van der Waals surface area contributed by atoms with Crippen LogP contribution >= 0.6 is 11.3 Å². The minimum atomic E-state index is 0.358. The van der Waals surface area contributed by atoms with E-state index in [0.29, 0.717) is 6.04 Å². The number of aliphatic imine (C=N–C) groups is 1. The smallest absolute Gasteiger partial charge is 0.191 e. The van der Waals surface area contributed by atoms with Gasteiger partial charge in [-0.2, -0.15) is 0 Å². The number of para-hydroxylation sites is 2. The van der Waals surface area contributed by atoms with Crippen LogP contribution in [0.1, 0.15) is 22.7 Å². The third-order valence-electron chi connectivity index (χ3n) is 4.71. The molecule has 1 unspecified atom stereocenters. The molecule has 2 heterocycles. The highest BCUT2D eigenvalue weighted by atomic mass is 32.1. The van der Waals surface area contributed by atoms with Crippen molar-refractivity contribution in [1.82, 2.24) is 15.6 Å². The van der Waals surface area contributed by atoms with E-state index in [1.54, 1.807) is 18.4 Å². The van der Waals surface area contributed by atoms with E-state index in [4.69, 9.17) is 4.74 Å². The number of piperidine rings is 1. The van der Waals surface area contributed by atoms with Crippen LogP contribution in [0.25, 0.3) is 0 Å². The van der Waals surface area contributed by atoms with Gasteiger partial charge in [0.1, 0.15) is 5.75 Å². The van der Waals surface area contributed by atoms with E-state index in [2.05, 4.69) is 44.6 Å². The molecule has 0 spiro atoms. The Morgan fingerprint density at radius 3 is 3.00 bits per heavy atom. The minimum Gasteiger partial charge on any atom is -0.495 e. The number of hydrogen-bond acceptors (Lipinski definition) is 5. The van der Waals surface area contributed by atoms with E-state index in [0.717, 1.165) is 61.3 Å². The second kappa shape index (κ2) is 9.60. The topological polar surface area (TPSA) is 61.8 Å². The fraction of sp³-hybridized carbons (Fsp3) is 0.500. The molecule has 1 fully saturated rings. The zero-order chi connectivity index (χ0) is 19.1. The van der Waals surface area contributed by atoms with Gasteiger partial charge in [-0.15, -0.1) is 11.3 Å². The predicted molar refractivity (Wildman–Crippen MR) is 113 cm³/mol. The summed E-state index contributed by atoms with van der Waals surface area (Å²) in [6.07, 6.45) is 5.13. The molecule has 146 valence electrons. The molecule has 2 N–H and O–H groups in total. The minimum absolute atomic E-state index is 0.358. The molecule has 2 aromatic rings. The molecule has 3 rings (SSSR count). The van der Waals surface area contributed by atoms with Gasteiger partial charge >= 0.3 is 0 Å². The summed E-state index contributed by atoms with van der Waals surface area (Å²) in [5, 5.41) is 8.15.